The van der Waals surface area contributed by atoms with Crippen molar-refractivity contribution in [3.05, 3.63) is 29.6 Å². The fourth-order valence-electron chi connectivity index (χ4n) is 2.51. The first-order valence-corrected chi connectivity index (χ1v) is 8.28. The number of rotatable bonds is 3. The summed E-state index contributed by atoms with van der Waals surface area (Å²) < 4.78 is 30.2. The van der Waals surface area contributed by atoms with Crippen molar-refractivity contribution >= 4 is 7.60 Å². The highest BCUT2D eigenvalue weighted by molar-refractivity contribution is 7.52. The van der Waals surface area contributed by atoms with Gasteiger partial charge in [-0.3, -0.25) is 0 Å². The zero-order chi connectivity index (χ0) is 13.2. The standard InChI is InChI=1S/C13H18FO3P/c1-18(15,16)17-12-9-5-8-11(13(12)14)10-6-3-2-4-7-10/h5,8-10H,2-4,6-7H2,1H3,(H,15,16). The van der Waals surface area contributed by atoms with Crippen LogP contribution in [-0.4, -0.2) is 11.6 Å². The highest BCUT2D eigenvalue weighted by Crippen LogP contribution is 2.42. The second-order valence-electron chi connectivity index (χ2n) is 4.89. The molecular weight excluding hydrogens is 254 g/mol. The van der Waals surface area contributed by atoms with E-state index in [9.17, 15) is 8.96 Å². The van der Waals surface area contributed by atoms with Gasteiger partial charge in [0.2, 0.25) is 0 Å². The molecule has 100 valence electrons. The lowest BCUT2D eigenvalue weighted by Crippen LogP contribution is -2.07. The Morgan fingerprint density at radius 3 is 2.61 bits per heavy atom. The fourth-order valence-corrected chi connectivity index (χ4v) is 3.02. The first-order chi connectivity index (χ1) is 8.47. The Labute approximate surface area is 107 Å². The Morgan fingerprint density at radius 1 is 1.33 bits per heavy atom. The molecule has 18 heavy (non-hydrogen) atoms. The fraction of sp³-hybridized carbons (Fsp3) is 0.538. The van der Waals surface area contributed by atoms with Gasteiger partial charge in [-0.2, -0.15) is 0 Å². The molecule has 0 radical (unpaired) electrons. The van der Waals surface area contributed by atoms with E-state index in [1.165, 1.54) is 12.5 Å². The quantitative estimate of drug-likeness (QED) is 0.844. The van der Waals surface area contributed by atoms with Crippen molar-refractivity contribution in [2.45, 2.75) is 38.0 Å². The van der Waals surface area contributed by atoms with E-state index in [1.807, 2.05) is 0 Å². The predicted octanol–water partition coefficient (Wildman–Crippen LogP) is 4.07. The van der Waals surface area contributed by atoms with Gasteiger partial charge in [-0.25, -0.2) is 8.96 Å². The molecule has 3 nitrogen and oxygen atoms in total. The molecule has 1 unspecified atom stereocenters. The molecule has 1 aliphatic carbocycles. The van der Waals surface area contributed by atoms with E-state index in [-0.39, 0.29) is 11.7 Å². The van der Waals surface area contributed by atoms with E-state index >= 15 is 0 Å². The molecule has 2 rings (SSSR count). The summed E-state index contributed by atoms with van der Waals surface area (Å²) in [7, 11) is -3.71. The summed E-state index contributed by atoms with van der Waals surface area (Å²) in [5.41, 5.74) is 0.612. The molecule has 0 amide bonds. The summed E-state index contributed by atoms with van der Waals surface area (Å²) in [4.78, 5) is 9.16. The van der Waals surface area contributed by atoms with E-state index in [1.54, 1.807) is 12.1 Å². The number of hydrogen-bond donors (Lipinski definition) is 1. The van der Waals surface area contributed by atoms with E-state index in [0.717, 1.165) is 32.3 Å². The third-order valence-corrected chi connectivity index (χ3v) is 3.84. The largest absolute Gasteiger partial charge is 0.421 e. The number of hydrogen-bond acceptors (Lipinski definition) is 2. The van der Waals surface area contributed by atoms with Crippen LogP contribution in [0.25, 0.3) is 0 Å². The van der Waals surface area contributed by atoms with Crippen LogP contribution in [-0.2, 0) is 4.57 Å². The zero-order valence-electron chi connectivity index (χ0n) is 10.4. The third-order valence-electron chi connectivity index (χ3n) is 3.31. The molecule has 1 aromatic carbocycles. The molecule has 5 heteroatoms. The zero-order valence-corrected chi connectivity index (χ0v) is 11.3. The molecule has 1 aromatic rings. The van der Waals surface area contributed by atoms with Crippen molar-refractivity contribution in [3.8, 4) is 5.75 Å². The van der Waals surface area contributed by atoms with Gasteiger partial charge >= 0.3 is 7.60 Å². The smallest absolute Gasteiger partial charge is 0.373 e. The average Bonchev–Trinajstić information content (AvgIpc) is 2.31. The summed E-state index contributed by atoms with van der Waals surface area (Å²) in [6, 6.07) is 4.82. The van der Waals surface area contributed by atoms with Gasteiger partial charge in [0.15, 0.2) is 11.6 Å². The van der Waals surface area contributed by atoms with Crippen molar-refractivity contribution < 1.29 is 18.4 Å². The van der Waals surface area contributed by atoms with E-state index in [0.29, 0.717) is 5.56 Å². The van der Waals surface area contributed by atoms with Crippen molar-refractivity contribution in [2.75, 3.05) is 6.66 Å². The minimum absolute atomic E-state index is 0.119. The van der Waals surface area contributed by atoms with Crippen LogP contribution in [0.5, 0.6) is 5.75 Å². The van der Waals surface area contributed by atoms with Crippen LogP contribution in [0.1, 0.15) is 43.6 Å². The van der Waals surface area contributed by atoms with E-state index in [4.69, 9.17) is 9.42 Å². The SMILES string of the molecule is CP(=O)(O)Oc1cccc(C2CCCCC2)c1F. The summed E-state index contributed by atoms with van der Waals surface area (Å²) in [5.74, 6) is -0.399. The van der Waals surface area contributed by atoms with Gasteiger partial charge in [-0.05, 0) is 30.4 Å². The highest BCUT2D eigenvalue weighted by Gasteiger charge is 2.23. The Hall–Kier alpha value is -0.860. The second kappa shape index (κ2) is 5.41. The van der Waals surface area contributed by atoms with Gasteiger partial charge in [0, 0.05) is 6.66 Å². The van der Waals surface area contributed by atoms with E-state index < -0.39 is 13.4 Å². The molecule has 0 saturated heterocycles. The lowest BCUT2D eigenvalue weighted by Gasteiger charge is -2.23. The summed E-state index contributed by atoms with van der Waals surface area (Å²) in [5, 5.41) is 0. The Bertz CT molecular complexity index is 463. The normalized spacial score (nSPS) is 20.4. The first kappa shape index (κ1) is 13.6. The van der Waals surface area contributed by atoms with Crippen molar-refractivity contribution in [1.82, 2.24) is 0 Å². The van der Waals surface area contributed by atoms with E-state index in [2.05, 4.69) is 0 Å². The molecular formula is C13H18FO3P. The number of halogens is 1. The van der Waals surface area contributed by atoms with Gasteiger partial charge < -0.3 is 9.42 Å². The molecule has 1 atom stereocenters. The van der Waals surface area contributed by atoms with Crippen LogP contribution in [0.2, 0.25) is 0 Å². The van der Waals surface area contributed by atoms with Crippen molar-refractivity contribution in [1.29, 1.82) is 0 Å². The van der Waals surface area contributed by atoms with Gasteiger partial charge in [0.25, 0.3) is 0 Å². The molecule has 0 aromatic heterocycles. The van der Waals surface area contributed by atoms with Crippen molar-refractivity contribution in [2.24, 2.45) is 0 Å². The van der Waals surface area contributed by atoms with Crippen molar-refractivity contribution in [3.63, 3.8) is 0 Å². The second-order valence-corrected chi connectivity index (χ2v) is 6.68. The molecule has 1 N–H and O–H groups in total. The molecule has 0 aliphatic heterocycles. The Kier molecular flexibility index (Phi) is 4.08. The highest BCUT2D eigenvalue weighted by atomic mass is 31.2. The van der Waals surface area contributed by atoms with Gasteiger partial charge in [0.05, 0.1) is 0 Å². The maximum atomic E-state index is 14.2. The minimum atomic E-state index is -3.71. The summed E-state index contributed by atoms with van der Waals surface area (Å²) in [6.07, 6.45) is 5.38. The van der Waals surface area contributed by atoms with Crippen LogP contribution in [0.3, 0.4) is 0 Å². The van der Waals surface area contributed by atoms with Gasteiger partial charge in [0.1, 0.15) is 0 Å². The summed E-state index contributed by atoms with van der Waals surface area (Å²) >= 11 is 0. The van der Waals surface area contributed by atoms with Crippen LogP contribution in [0.15, 0.2) is 18.2 Å². The van der Waals surface area contributed by atoms with Crippen LogP contribution >= 0.6 is 7.60 Å². The molecule has 1 saturated carbocycles. The van der Waals surface area contributed by atoms with Crippen LogP contribution in [0.4, 0.5) is 4.39 Å². The molecule has 0 spiro atoms. The minimum Gasteiger partial charge on any atom is -0.421 e. The Balaban J connectivity index is 2.26. The maximum Gasteiger partial charge on any atom is 0.373 e. The lowest BCUT2D eigenvalue weighted by molar-refractivity contribution is 0.371. The molecule has 0 bridgehead atoms. The lowest BCUT2D eigenvalue weighted by atomic mass is 9.84. The molecule has 1 aliphatic rings. The third kappa shape index (κ3) is 3.33. The Morgan fingerprint density at radius 2 is 2.00 bits per heavy atom. The predicted molar refractivity (Wildman–Crippen MR) is 68.6 cm³/mol. The monoisotopic (exact) mass is 272 g/mol. The topological polar surface area (TPSA) is 46.5 Å². The summed E-state index contributed by atoms with van der Waals surface area (Å²) in [6.45, 7) is 1.06. The molecule has 1 fully saturated rings. The van der Waals surface area contributed by atoms with Crippen LogP contribution < -0.4 is 4.52 Å². The van der Waals surface area contributed by atoms with Gasteiger partial charge in [-0.15, -0.1) is 0 Å². The molecule has 0 heterocycles. The maximum absolute atomic E-state index is 14.2. The number of benzene rings is 1. The average molecular weight is 272 g/mol. The van der Waals surface area contributed by atoms with Crippen LogP contribution in [0, 0.1) is 5.82 Å². The first-order valence-electron chi connectivity index (χ1n) is 6.25. The van der Waals surface area contributed by atoms with Gasteiger partial charge in [-0.1, -0.05) is 31.4 Å².